The molecule has 0 saturated carbocycles. The molecule has 18 heavy (non-hydrogen) atoms. The van der Waals surface area contributed by atoms with Crippen LogP contribution in [0.3, 0.4) is 0 Å². The van der Waals surface area contributed by atoms with Crippen LogP contribution in [0.25, 0.3) is 0 Å². The Balaban J connectivity index is 2.12. The van der Waals surface area contributed by atoms with Crippen molar-refractivity contribution in [3.8, 4) is 5.75 Å². The number of halogens is 1. The number of ether oxygens (including phenoxy) is 1. The zero-order valence-corrected chi connectivity index (χ0v) is 11.3. The lowest BCUT2D eigenvalue weighted by molar-refractivity contribution is 0.0927. The summed E-state index contributed by atoms with van der Waals surface area (Å²) < 4.78 is 5.36. The maximum atomic E-state index is 12.3. The number of nitrogens with one attached hydrogen (secondary N) is 1. The molecule has 0 aliphatic carbocycles. The summed E-state index contributed by atoms with van der Waals surface area (Å²) >= 11 is 6.09. The minimum absolute atomic E-state index is 0.0623. The van der Waals surface area contributed by atoms with E-state index >= 15 is 0 Å². The fourth-order valence-electron chi connectivity index (χ4n) is 2.20. The highest BCUT2D eigenvalue weighted by Gasteiger charge is 2.22. The minimum atomic E-state index is -0.0623. The van der Waals surface area contributed by atoms with Crippen molar-refractivity contribution in [2.75, 3.05) is 13.2 Å². The number of ketones is 1. The molecule has 1 heterocycles. The maximum Gasteiger partial charge on any atom is 0.179 e. The lowest BCUT2D eigenvalue weighted by Gasteiger charge is -2.22. The highest BCUT2D eigenvalue weighted by atomic mass is 35.5. The number of hydrogen-bond acceptors (Lipinski definition) is 3. The first kappa shape index (κ1) is 13.4. The van der Waals surface area contributed by atoms with Crippen LogP contribution in [0.2, 0.25) is 5.02 Å². The van der Waals surface area contributed by atoms with Gasteiger partial charge in [-0.1, -0.05) is 18.0 Å². The summed E-state index contributed by atoms with van der Waals surface area (Å²) in [6.45, 7) is 3.39. The van der Waals surface area contributed by atoms with Crippen molar-refractivity contribution in [2.45, 2.75) is 32.2 Å². The lowest BCUT2D eigenvalue weighted by atomic mass is 9.96. The van der Waals surface area contributed by atoms with Crippen molar-refractivity contribution < 1.29 is 9.53 Å². The summed E-state index contributed by atoms with van der Waals surface area (Å²) in [7, 11) is 0. The van der Waals surface area contributed by atoms with Gasteiger partial charge in [0.2, 0.25) is 0 Å². The number of piperidine rings is 1. The number of hydrogen-bond donors (Lipinski definition) is 1. The summed E-state index contributed by atoms with van der Waals surface area (Å²) in [5, 5.41) is 3.75. The maximum absolute atomic E-state index is 12.3. The molecule has 0 aromatic heterocycles. The predicted molar refractivity (Wildman–Crippen MR) is 72.6 cm³/mol. The number of Topliss-reactive ketones (excluding diaryl/α,β-unsaturated/α-hetero) is 1. The van der Waals surface area contributed by atoms with E-state index in [0.29, 0.717) is 22.9 Å². The van der Waals surface area contributed by atoms with E-state index in [0.717, 1.165) is 25.8 Å². The standard InChI is InChI=1S/C14H18ClNO2/c1-2-18-13-7-6-10(9-11(13)15)14(17)12-5-3-4-8-16-12/h6-7,9,12,16H,2-5,8H2,1H3. The van der Waals surface area contributed by atoms with Crippen LogP contribution in [0, 0.1) is 0 Å². The molecule has 0 amide bonds. The van der Waals surface area contributed by atoms with E-state index in [2.05, 4.69) is 5.32 Å². The fourth-order valence-corrected chi connectivity index (χ4v) is 2.44. The number of benzene rings is 1. The van der Waals surface area contributed by atoms with Gasteiger partial charge in [0, 0.05) is 5.56 Å². The summed E-state index contributed by atoms with van der Waals surface area (Å²) in [5.74, 6) is 0.756. The summed E-state index contributed by atoms with van der Waals surface area (Å²) in [5.41, 5.74) is 0.655. The third kappa shape index (κ3) is 3.03. The highest BCUT2D eigenvalue weighted by molar-refractivity contribution is 6.32. The molecule has 1 saturated heterocycles. The molecule has 1 unspecified atom stereocenters. The van der Waals surface area contributed by atoms with Crippen LogP contribution in [0.1, 0.15) is 36.5 Å². The van der Waals surface area contributed by atoms with Gasteiger partial charge in [0.25, 0.3) is 0 Å². The van der Waals surface area contributed by atoms with Gasteiger partial charge in [-0.2, -0.15) is 0 Å². The Kier molecular flexibility index (Phi) is 4.61. The van der Waals surface area contributed by atoms with Gasteiger partial charge in [-0.25, -0.2) is 0 Å². The topological polar surface area (TPSA) is 38.3 Å². The molecule has 3 nitrogen and oxygen atoms in total. The molecular formula is C14H18ClNO2. The Bertz CT molecular complexity index is 428. The van der Waals surface area contributed by atoms with Crippen LogP contribution in [0.4, 0.5) is 0 Å². The van der Waals surface area contributed by atoms with Gasteiger partial charge in [-0.05, 0) is 44.5 Å². The molecule has 0 radical (unpaired) electrons. The summed E-state index contributed by atoms with van der Waals surface area (Å²) in [6, 6.07) is 5.19. The van der Waals surface area contributed by atoms with Crippen LogP contribution < -0.4 is 10.1 Å². The van der Waals surface area contributed by atoms with Gasteiger partial charge >= 0.3 is 0 Å². The quantitative estimate of drug-likeness (QED) is 0.852. The number of carbonyl (C=O) groups is 1. The molecule has 1 aliphatic rings. The second-order valence-electron chi connectivity index (χ2n) is 4.44. The average Bonchev–Trinajstić information content (AvgIpc) is 2.41. The molecule has 4 heteroatoms. The molecule has 1 aromatic carbocycles. The molecule has 1 N–H and O–H groups in total. The van der Waals surface area contributed by atoms with Gasteiger partial charge in [0.1, 0.15) is 5.75 Å². The van der Waals surface area contributed by atoms with E-state index in [1.54, 1.807) is 18.2 Å². The molecular weight excluding hydrogens is 250 g/mol. The fraction of sp³-hybridized carbons (Fsp3) is 0.500. The van der Waals surface area contributed by atoms with E-state index in [9.17, 15) is 4.79 Å². The van der Waals surface area contributed by atoms with Crippen LogP contribution in [-0.4, -0.2) is 25.0 Å². The molecule has 0 bridgehead atoms. The Morgan fingerprint density at radius 3 is 2.94 bits per heavy atom. The monoisotopic (exact) mass is 267 g/mol. The van der Waals surface area contributed by atoms with Gasteiger partial charge in [-0.15, -0.1) is 0 Å². The van der Waals surface area contributed by atoms with Crippen molar-refractivity contribution in [2.24, 2.45) is 0 Å². The van der Waals surface area contributed by atoms with E-state index < -0.39 is 0 Å². The highest BCUT2D eigenvalue weighted by Crippen LogP contribution is 2.26. The SMILES string of the molecule is CCOc1ccc(C(=O)C2CCCCN2)cc1Cl. The minimum Gasteiger partial charge on any atom is -0.492 e. The first-order valence-corrected chi connectivity index (χ1v) is 6.80. The Morgan fingerprint density at radius 2 is 2.33 bits per heavy atom. The van der Waals surface area contributed by atoms with Crippen LogP contribution in [-0.2, 0) is 0 Å². The zero-order valence-electron chi connectivity index (χ0n) is 10.5. The van der Waals surface area contributed by atoms with Gasteiger partial charge in [0.05, 0.1) is 17.7 Å². The molecule has 1 atom stereocenters. The van der Waals surface area contributed by atoms with Crippen molar-refractivity contribution in [3.63, 3.8) is 0 Å². The number of carbonyl (C=O) groups excluding carboxylic acids is 1. The molecule has 0 spiro atoms. The molecule has 1 aromatic rings. The number of rotatable bonds is 4. The second kappa shape index (κ2) is 6.21. The third-order valence-corrected chi connectivity index (χ3v) is 3.44. The van der Waals surface area contributed by atoms with Gasteiger partial charge in [-0.3, -0.25) is 4.79 Å². The molecule has 1 aliphatic heterocycles. The third-order valence-electron chi connectivity index (χ3n) is 3.14. The first-order valence-electron chi connectivity index (χ1n) is 6.42. The average molecular weight is 268 g/mol. The summed E-state index contributed by atoms with van der Waals surface area (Å²) in [4.78, 5) is 12.3. The molecule has 98 valence electrons. The van der Waals surface area contributed by atoms with E-state index in [4.69, 9.17) is 16.3 Å². The van der Waals surface area contributed by atoms with Crippen LogP contribution in [0.15, 0.2) is 18.2 Å². The van der Waals surface area contributed by atoms with Crippen LogP contribution in [0.5, 0.6) is 5.75 Å². The largest absolute Gasteiger partial charge is 0.492 e. The van der Waals surface area contributed by atoms with Gasteiger partial charge < -0.3 is 10.1 Å². The Morgan fingerprint density at radius 1 is 1.50 bits per heavy atom. The smallest absolute Gasteiger partial charge is 0.179 e. The predicted octanol–water partition coefficient (Wildman–Crippen LogP) is 3.06. The normalized spacial score (nSPS) is 19.6. The van der Waals surface area contributed by atoms with Crippen LogP contribution >= 0.6 is 11.6 Å². The van der Waals surface area contributed by atoms with Crippen molar-refractivity contribution in [1.82, 2.24) is 5.32 Å². The van der Waals surface area contributed by atoms with Crippen molar-refractivity contribution in [1.29, 1.82) is 0 Å². The lowest BCUT2D eigenvalue weighted by Crippen LogP contribution is -2.40. The van der Waals surface area contributed by atoms with Crippen molar-refractivity contribution in [3.05, 3.63) is 28.8 Å². The van der Waals surface area contributed by atoms with Crippen molar-refractivity contribution >= 4 is 17.4 Å². The molecule has 2 rings (SSSR count). The van der Waals surface area contributed by atoms with E-state index in [-0.39, 0.29) is 11.8 Å². The van der Waals surface area contributed by atoms with E-state index in [1.807, 2.05) is 6.92 Å². The Labute approximate surface area is 112 Å². The van der Waals surface area contributed by atoms with E-state index in [1.165, 1.54) is 0 Å². The summed E-state index contributed by atoms with van der Waals surface area (Å²) in [6.07, 6.45) is 3.16. The second-order valence-corrected chi connectivity index (χ2v) is 4.85. The zero-order chi connectivity index (χ0) is 13.0. The van der Waals surface area contributed by atoms with Gasteiger partial charge in [0.15, 0.2) is 5.78 Å². The molecule has 1 fully saturated rings. The first-order chi connectivity index (χ1) is 8.72. The Hall–Kier alpha value is -1.06.